The van der Waals surface area contributed by atoms with Crippen molar-refractivity contribution in [1.29, 1.82) is 0 Å². The third-order valence-corrected chi connectivity index (χ3v) is 4.66. The molecule has 0 bridgehead atoms. The Kier molecular flexibility index (Phi) is 4.28. The maximum absolute atomic E-state index is 12.7. The largest absolute Gasteiger partial charge is 0.369 e. The van der Waals surface area contributed by atoms with E-state index in [2.05, 4.69) is 4.98 Å². The molecule has 1 aliphatic heterocycles. The lowest BCUT2D eigenvalue weighted by Crippen LogP contribution is -2.49. The minimum Gasteiger partial charge on any atom is -0.369 e. The summed E-state index contributed by atoms with van der Waals surface area (Å²) >= 11 is 0. The molecular formula is C18H21N3O2. The van der Waals surface area contributed by atoms with E-state index in [1.165, 1.54) is 0 Å². The first-order valence-electron chi connectivity index (χ1n) is 7.97. The number of piperidine rings is 1. The maximum Gasteiger partial charge on any atom is 0.227 e. The van der Waals surface area contributed by atoms with E-state index in [0.717, 1.165) is 29.3 Å². The van der Waals surface area contributed by atoms with Crippen LogP contribution in [0.3, 0.4) is 0 Å². The Hall–Kier alpha value is -2.43. The summed E-state index contributed by atoms with van der Waals surface area (Å²) in [5, 5.41) is 1.03. The number of aromatic nitrogens is 1. The van der Waals surface area contributed by atoms with Gasteiger partial charge in [0.05, 0.1) is 17.9 Å². The average Bonchev–Trinajstić information content (AvgIpc) is 2.55. The van der Waals surface area contributed by atoms with Crippen LogP contribution >= 0.6 is 0 Å². The Balaban J connectivity index is 1.81. The first-order valence-corrected chi connectivity index (χ1v) is 7.97. The fourth-order valence-electron chi connectivity index (χ4n) is 3.26. The van der Waals surface area contributed by atoms with Crippen molar-refractivity contribution in [2.75, 3.05) is 6.54 Å². The molecule has 1 aromatic carbocycles. The van der Waals surface area contributed by atoms with Crippen molar-refractivity contribution in [3.05, 3.63) is 42.1 Å². The summed E-state index contributed by atoms with van der Waals surface area (Å²) in [7, 11) is 0. The quantitative estimate of drug-likeness (QED) is 0.940. The van der Waals surface area contributed by atoms with Crippen molar-refractivity contribution in [2.45, 2.75) is 32.2 Å². The molecule has 1 aromatic heterocycles. The fraction of sp³-hybridized carbons (Fsp3) is 0.389. The van der Waals surface area contributed by atoms with Crippen molar-refractivity contribution in [3.63, 3.8) is 0 Å². The standard InChI is InChI=1S/C18H21N3O2/c1-12-7-8-15(18(19)23)11-21(12)16(22)10-14-5-2-4-13-6-3-9-20-17(13)14/h2-6,9,12,15H,7-8,10-11H2,1H3,(H2,19,23)/t12-,15+/m0/s1. The molecule has 0 saturated carbocycles. The van der Waals surface area contributed by atoms with E-state index in [1.807, 2.05) is 37.3 Å². The highest BCUT2D eigenvalue weighted by atomic mass is 16.2. The summed E-state index contributed by atoms with van der Waals surface area (Å²) < 4.78 is 0. The van der Waals surface area contributed by atoms with Crippen molar-refractivity contribution in [1.82, 2.24) is 9.88 Å². The molecule has 0 spiro atoms. The van der Waals surface area contributed by atoms with Gasteiger partial charge in [-0.05, 0) is 31.4 Å². The van der Waals surface area contributed by atoms with Crippen molar-refractivity contribution in [3.8, 4) is 0 Å². The summed E-state index contributed by atoms with van der Waals surface area (Å²) in [4.78, 5) is 30.4. The van der Waals surface area contributed by atoms with Crippen LogP contribution in [0.15, 0.2) is 36.5 Å². The van der Waals surface area contributed by atoms with Gasteiger partial charge in [-0.2, -0.15) is 0 Å². The number of hydrogen-bond donors (Lipinski definition) is 1. The van der Waals surface area contributed by atoms with Gasteiger partial charge in [0.1, 0.15) is 0 Å². The zero-order valence-electron chi connectivity index (χ0n) is 13.2. The summed E-state index contributed by atoms with van der Waals surface area (Å²) in [5.74, 6) is -0.524. The Labute approximate surface area is 135 Å². The summed E-state index contributed by atoms with van der Waals surface area (Å²) in [6, 6.07) is 9.89. The molecule has 1 aliphatic rings. The van der Waals surface area contributed by atoms with Gasteiger partial charge in [-0.3, -0.25) is 14.6 Å². The molecule has 2 amide bonds. The van der Waals surface area contributed by atoms with Crippen molar-refractivity contribution in [2.24, 2.45) is 11.7 Å². The first-order chi connectivity index (χ1) is 11.1. The number of hydrogen-bond acceptors (Lipinski definition) is 3. The van der Waals surface area contributed by atoms with Gasteiger partial charge in [-0.15, -0.1) is 0 Å². The molecule has 0 aliphatic carbocycles. The zero-order valence-corrected chi connectivity index (χ0v) is 13.2. The van der Waals surface area contributed by atoms with Crippen LogP contribution < -0.4 is 5.73 Å². The van der Waals surface area contributed by atoms with Gasteiger partial charge >= 0.3 is 0 Å². The Morgan fingerprint density at radius 2 is 2.04 bits per heavy atom. The topological polar surface area (TPSA) is 76.3 Å². The van der Waals surface area contributed by atoms with Crippen LogP contribution in [0, 0.1) is 5.92 Å². The monoisotopic (exact) mass is 311 g/mol. The van der Waals surface area contributed by atoms with Gasteiger partial charge in [0.2, 0.25) is 11.8 Å². The second kappa shape index (κ2) is 6.36. The molecule has 2 N–H and O–H groups in total. The predicted octanol–water partition coefficient (Wildman–Crippen LogP) is 1.89. The highest BCUT2D eigenvalue weighted by Gasteiger charge is 2.31. The smallest absolute Gasteiger partial charge is 0.227 e. The van der Waals surface area contributed by atoms with Crippen molar-refractivity contribution < 1.29 is 9.59 Å². The number of para-hydroxylation sites is 1. The molecule has 120 valence electrons. The van der Waals surface area contributed by atoms with Crippen LogP contribution in [0.4, 0.5) is 0 Å². The van der Waals surface area contributed by atoms with Gasteiger partial charge in [0.25, 0.3) is 0 Å². The van der Waals surface area contributed by atoms with Gasteiger partial charge in [0.15, 0.2) is 0 Å². The maximum atomic E-state index is 12.7. The number of pyridine rings is 1. The molecule has 0 radical (unpaired) electrons. The van der Waals surface area contributed by atoms with E-state index in [0.29, 0.717) is 13.0 Å². The number of carbonyl (C=O) groups is 2. The lowest BCUT2D eigenvalue weighted by molar-refractivity contribution is -0.136. The van der Waals surface area contributed by atoms with E-state index in [4.69, 9.17) is 5.73 Å². The molecule has 23 heavy (non-hydrogen) atoms. The highest BCUT2D eigenvalue weighted by molar-refractivity contribution is 5.88. The second-order valence-corrected chi connectivity index (χ2v) is 6.24. The van der Waals surface area contributed by atoms with Crippen LogP contribution in [0.1, 0.15) is 25.3 Å². The van der Waals surface area contributed by atoms with E-state index in [9.17, 15) is 9.59 Å². The van der Waals surface area contributed by atoms with E-state index in [1.54, 1.807) is 11.1 Å². The lowest BCUT2D eigenvalue weighted by Gasteiger charge is -2.37. The van der Waals surface area contributed by atoms with Gasteiger partial charge < -0.3 is 10.6 Å². The summed E-state index contributed by atoms with van der Waals surface area (Å²) in [6.45, 7) is 2.45. The van der Waals surface area contributed by atoms with E-state index in [-0.39, 0.29) is 23.8 Å². The van der Waals surface area contributed by atoms with Crippen LogP contribution in [0.5, 0.6) is 0 Å². The Morgan fingerprint density at radius 1 is 1.26 bits per heavy atom. The SMILES string of the molecule is C[C@H]1CC[C@@H](C(N)=O)CN1C(=O)Cc1cccc2cccnc12. The average molecular weight is 311 g/mol. The summed E-state index contributed by atoms with van der Waals surface area (Å²) in [6.07, 6.45) is 3.61. The second-order valence-electron chi connectivity index (χ2n) is 6.24. The van der Waals surface area contributed by atoms with Crippen LogP contribution in [0.2, 0.25) is 0 Å². The molecule has 0 unspecified atom stereocenters. The minimum atomic E-state index is -0.318. The Morgan fingerprint density at radius 3 is 2.83 bits per heavy atom. The van der Waals surface area contributed by atoms with Crippen LogP contribution in [0.25, 0.3) is 10.9 Å². The van der Waals surface area contributed by atoms with Crippen LogP contribution in [-0.4, -0.2) is 34.3 Å². The first kappa shape index (κ1) is 15.5. The molecule has 3 rings (SSSR count). The molecule has 2 atom stereocenters. The molecule has 5 nitrogen and oxygen atoms in total. The number of benzene rings is 1. The number of nitrogens with zero attached hydrogens (tertiary/aromatic N) is 2. The molecular weight excluding hydrogens is 290 g/mol. The highest BCUT2D eigenvalue weighted by Crippen LogP contribution is 2.24. The third kappa shape index (κ3) is 3.18. The molecule has 1 saturated heterocycles. The molecule has 5 heteroatoms. The number of likely N-dealkylation sites (tertiary alicyclic amines) is 1. The number of rotatable bonds is 3. The Bertz CT molecular complexity index is 739. The van der Waals surface area contributed by atoms with Gasteiger partial charge in [-0.25, -0.2) is 0 Å². The fourth-order valence-corrected chi connectivity index (χ4v) is 3.26. The molecule has 1 fully saturated rings. The predicted molar refractivity (Wildman–Crippen MR) is 88.5 cm³/mol. The van der Waals surface area contributed by atoms with Crippen LogP contribution in [-0.2, 0) is 16.0 Å². The van der Waals surface area contributed by atoms with Gasteiger partial charge in [0, 0.05) is 24.2 Å². The third-order valence-electron chi connectivity index (χ3n) is 4.66. The lowest BCUT2D eigenvalue weighted by atomic mass is 9.92. The molecule has 2 aromatic rings. The molecule has 2 heterocycles. The zero-order chi connectivity index (χ0) is 16.4. The number of primary amides is 1. The number of amides is 2. The van der Waals surface area contributed by atoms with E-state index >= 15 is 0 Å². The van der Waals surface area contributed by atoms with Crippen molar-refractivity contribution >= 4 is 22.7 Å². The van der Waals surface area contributed by atoms with E-state index < -0.39 is 0 Å². The van der Waals surface area contributed by atoms with Gasteiger partial charge in [-0.1, -0.05) is 24.3 Å². The summed E-state index contributed by atoms with van der Waals surface area (Å²) in [5.41, 5.74) is 7.19. The minimum absolute atomic E-state index is 0.0293. The number of carbonyl (C=O) groups excluding carboxylic acids is 2. The number of fused-ring (bicyclic) bond motifs is 1. The normalized spacial score (nSPS) is 21.3. The number of nitrogens with two attached hydrogens (primary N) is 1.